The Labute approximate surface area is 125 Å². The maximum absolute atomic E-state index is 12.0. The van der Waals surface area contributed by atoms with Gasteiger partial charge in [-0.05, 0) is 38.3 Å². The summed E-state index contributed by atoms with van der Waals surface area (Å²) < 4.78 is 5.01. The second-order valence-electron chi connectivity index (χ2n) is 5.35. The summed E-state index contributed by atoms with van der Waals surface area (Å²) in [5.74, 6) is 0.856. The molecule has 0 bridgehead atoms. The Balaban J connectivity index is 1.94. The van der Waals surface area contributed by atoms with Gasteiger partial charge in [-0.15, -0.1) is 0 Å². The molecule has 21 heavy (non-hydrogen) atoms. The van der Waals surface area contributed by atoms with E-state index in [1.807, 2.05) is 19.1 Å². The van der Waals surface area contributed by atoms with Crippen LogP contribution in [-0.4, -0.2) is 43.9 Å². The number of nitrogens with zero attached hydrogens (tertiary/aromatic N) is 2. The molecule has 2 heterocycles. The number of carbonyl (C=O) groups is 1. The van der Waals surface area contributed by atoms with Crippen molar-refractivity contribution in [1.29, 1.82) is 0 Å². The van der Waals surface area contributed by atoms with Crippen molar-refractivity contribution >= 4 is 17.5 Å². The fourth-order valence-corrected chi connectivity index (χ4v) is 2.42. The normalized spacial score (nSPS) is 15.8. The van der Waals surface area contributed by atoms with Crippen LogP contribution in [-0.2, 0) is 4.74 Å². The van der Waals surface area contributed by atoms with Gasteiger partial charge in [-0.25, -0.2) is 9.78 Å². The number of hydrogen-bond donors (Lipinski definition) is 2. The van der Waals surface area contributed by atoms with E-state index < -0.39 is 0 Å². The van der Waals surface area contributed by atoms with Gasteiger partial charge in [0, 0.05) is 39.0 Å². The molecule has 0 aliphatic carbocycles. The van der Waals surface area contributed by atoms with Gasteiger partial charge in [0.15, 0.2) is 5.82 Å². The standard InChI is InChI=1S/C15H24N4O2/c1-12(7-11-21-2)17-15(20)18-13-6-5-8-16-14(13)19-9-3-4-10-19/h5-6,8,12H,3-4,7,9-11H2,1-2H3,(H2,17,18,20)/t12-/m0/s1. The summed E-state index contributed by atoms with van der Waals surface area (Å²) >= 11 is 0. The number of amides is 2. The van der Waals surface area contributed by atoms with Crippen LogP contribution in [0.25, 0.3) is 0 Å². The lowest BCUT2D eigenvalue weighted by molar-refractivity contribution is 0.185. The minimum atomic E-state index is -0.202. The van der Waals surface area contributed by atoms with Crippen LogP contribution in [0.2, 0.25) is 0 Å². The number of rotatable bonds is 6. The van der Waals surface area contributed by atoms with Crippen LogP contribution < -0.4 is 15.5 Å². The minimum absolute atomic E-state index is 0.0665. The number of pyridine rings is 1. The molecule has 0 radical (unpaired) electrons. The Morgan fingerprint density at radius 3 is 2.95 bits per heavy atom. The van der Waals surface area contributed by atoms with Crippen LogP contribution in [0.15, 0.2) is 18.3 Å². The molecular weight excluding hydrogens is 268 g/mol. The Morgan fingerprint density at radius 1 is 1.48 bits per heavy atom. The molecule has 0 spiro atoms. The quantitative estimate of drug-likeness (QED) is 0.844. The zero-order valence-corrected chi connectivity index (χ0v) is 12.8. The lowest BCUT2D eigenvalue weighted by Crippen LogP contribution is -2.37. The third-order valence-corrected chi connectivity index (χ3v) is 3.57. The van der Waals surface area contributed by atoms with Crippen molar-refractivity contribution in [2.24, 2.45) is 0 Å². The van der Waals surface area contributed by atoms with E-state index >= 15 is 0 Å². The molecule has 1 saturated heterocycles. The van der Waals surface area contributed by atoms with Crippen molar-refractivity contribution in [3.8, 4) is 0 Å². The van der Waals surface area contributed by atoms with Crippen LogP contribution in [0.1, 0.15) is 26.2 Å². The number of ether oxygens (including phenoxy) is 1. The number of hydrogen-bond acceptors (Lipinski definition) is 4. The van der Waals surface area contributed by atoms with Gasteiger partial charge in [-0.3, -0.25) is 0 Å². The van der Waals surface area contributed by atoms with Crippen LogP contribution in [0.3, 0.4) is 0 Å². The monoisotopic (exact) mass is 292 g/mol. The molecule has 2 N–H and O–H groups in total. The summed E-state index contributed by atoms with van der Waals surface area (Å²) in [5.41, 5.74) is 0.760. The maximum atomic E-state index is 12.0. The zero-order valence-electron chi connectivity index (χ0n) is 12.8. The van der Waals surface area contributed by atoms with E-state index in [9.17, 15) is 4.79 Å². The average Bonchev–Trinajstić information content (AvgIpc) is 2.99. The molecule has 0 unspecified atom stereocenters. The third-order valence-electron chi connectivity index (χ3n) is 3.57. The molecule has 116 valence electrons. The highest BCUT2D eigenvalue weighted by molar-refractivity contribution is 5.92. The van der Waals surface area contributed by atoms with Gasteiger partial charge in [0.2, 0.25) is 0 Å². The second-order valence-corrected chi connectivity index (χ2v) is 5.35. The van der Waals surface area contributed by atoms with Crippen molar-refractivity contribution in [2.45, 2.75) is 32.2 Å². The summed E-state index contributed by atoms with van der Waals surface area (Å²) in [7, 11) is 1.66. The fraction of sp³-hybridized carbons (Fsp3) is 0.600. The van der Waals surface area contributed by atoms with Crippen molar-refractivity contribution < 1.29 is 9.53 Å². The first-order valence-electron chi connectivity index (χ1n) is 7.47. The average molecular weight is 292 g/mol. The highest BCUT2D eigenvalue weighted by Crippen LogP contribution is 2.25. The summed E-state index contributed by atoms with van der Waals surface area (Å²) in [6.07, 6.45) is 4.90. The lowest BCUT2D eigenvalue weighted by atomic mass is 10.2. The Morgan fingerprint density at radius 2 is 2.24 bits per heavy atom. The number of carbonyl (C=O) groups excluding carboxylic acids is 1. The van der Waals surface area contributed by atoms with Crippen LogP contribution >= 0.6 is 0 Å². The highest BCUT2D eigenvalue weighted by atomic mass is 16.5. The summed E-state index contributed by atoms with van der Waals surface area (Å²) in [5, 5.41) is 5.80. The lowest BCUT2D eigenvalue weighted by Gasteiger charge is -2.21. The molecule has 1 fully saturated rings. The topological polar surface area (TPSA) is 66.5 Å². The summed E-state index contributed by atoms with van der Waals surface area (Å²) in [6.45, 7) is 4.59. The largest absolute Gasteiger partial charge is 0.385 e. The molecule has 1 aliphatic heterocycles. The van der Waals surface area contributed by atoms with E-state index in [1.54, 1.807) is 13.3 Å². The number of anilines is 2. The highest BCUT2D eigenvalue weighted by Gasteiger charge is 2.18. The molecule has 1 atom stereocenters. The second kappa shape index (κ2) is 7.83. The van der Waals surface area contributed by atoms with E-state index in [4.69, 9.17) is 4.74 Å². The Hall–Kier alpha value is -1.82. The van der Waals surface area contributed by atoms with Gasteiger partial charge in [0.1, 0.15) is 0 Å². The molecule has 1 aliphatic rings. The van der Waals surface area contributed by atoms with E-state index in [0.717, 1.165) is 31.0 Å². The molecule has 2 rings (SSSR count). The third kappa shape index (κ3) is 4.60. The number of urea groups is 1. The van der Waals surface area contributed by atoms with Crippen molar-refractivity contribution in [2.75, 3.05) is 37.0 Å². The van der Waals surface area contributed by atoms with Crippen LogP contribution in [0, 0.1) is 0 Å². The van der Waals surface area contributed by atoms with Gasteiger partial charge in [-0.1, -0.05) is 0 Å². The van der Waals surface area contributed by atoms with Gasteiger partial charge < -0.3 is 20.3 Å². The molecule has 0 aromatic carbocycles. The fourth-order valence-electron chi connectivity index (χ4n) is 2.42. The molecule has 6 heteroatoms. The van der Waals surface area contributed by atoms with Crippen LogP contribution in [0.4, 0.5) is 16.3 Å². The SMILES string of the molecule is COCC[C@H](C)NC(=O)Nc1cccnc1N1CCCC1. The van der Waals surface area contributed by atoms with Crippen molar-refractivity contribution in [3.63, 3.8) is 0 Å². The van der Waals surface area contributed by atoms with E-state index in [2.05, 4.69) is 20.5 Å². The van der Waals surface area contributed by atoms with Crippen molar-refractivity contribution in [3.05, 3.63) is 18.3 Å². The molecule has 1 aromatic heterocycles. The predicted molar refractivity (Wildman–Crippen MR) is 83.8 cm³/mol. The van der Waals surface area contributed by atoms with Gasteiger partial charge in [0.05, 0.1) is 5.69 Å². The molecule has 6 nitrogen and oxygen atoms in total. The summed E-state index contributed by atoms with van der Waals surface area (Å²) in [4.78, 5) is 18.7. The van der Waals surface area contributed by atoms with E-state index in [1.165, 1.54) is 12.8 Å². The van der Waals surface area contributed by atoms with Crippen molar-refractivity contribution in [1.82, 2.24) is 10.3 Å². The first-order valence-corrected chi connectivity index (χ1v) is 7.47. The van der Waals surface area contributed by atoms with Gasteiger partial charge >= 0.3 is 6.03 Å². The predicted octanol–water partition coefficient (Wildman–Crippen LogP) is 2.23. The number of methoxy groups -OCH3 is 1. The first-order chi connectivity index (χ1) is 10.2. The minimum Gasteiger partial charge on any atom is -0.385 e. The molecular formula is C15H24N4O2. The van der Waals surface area contributed by atoms with Gasteiger partial charge in [-0.2, -0.15) is 0 Å². The Bertz CT molecular complexity index is 461. The molecule has 1 aromatic rings. The number of aromatic nitrogens is 1. The number of nitrogens with one attached hydrogen (secondary N) is 2. The maximum Gasteiger partial charge on any atom is 0.319 e. The molecule has 2 amide bonds. The smallest absolute Gasteiger partial charge is 0.319 e. The zero-order chi connectivity index (χ0) is 15.1. The van der Waals surface area contributed by atoms with Gasteiger partial charge in [0.25, 0.3) is 0 Å². The van der Waals surface area contributed by atoms with E-state index in [0.29, 0.717) is 6.61 Å². The van der Waals surface area contributed by atoms with Crippen LogP contribution in [0.5, 0.6) is 0 Å². The Kier molecular flexibility index (Phi) is 5.80. The molecule has 0 saturated carbocycles. The van der Waals surface area contributed by atoms with E-state index in [-0.39, 0.29) is 12.1 Å². The summed E-state index contributed by atoms with van der Waals surface area (Å²) in [6, 6.07) is 3.59. The first kappa shape index (κ1) is 15.6.